The molecule has 3 aliphatic rings. The lowest BCUT2D eigenvalue weighted by Gasteiger charge is -2.42. The van der Waals surface area contributed by atoms with Crippen LogP contribution in [0.25, 0.3) is 0 Å². The lowest BCUT2D eigenvalue weighted by atomic mass is 9.69. The molecule has 6 rings (SSSR count). The van der Waals surface area contributed by atoms with Gasteiger partial charge in [-0.25, -0.2) is 0 Å². The number of Topliss-reactive ketones (excluding diaryl/α,β-unsaturated/α-hetero) is 1. The van der Waals surface area contributed by atoms with Crippen molar-refractivity contribution in [2.45, 2.75) is 37.8 Å². The normalized spacial score (nSPS) is 22.1. The van der Waals surface area contributed by atoms with Crippen LogP contribution < -0.4 is 14.4 Å². The summed E-state index contributed by atoms with van der Waals surface area (Å²) in [6.45, 7) is 1.76. The molecule has 1 aromatic heterocycles. The number of nitrogens with zero attached hydrogens (tertiary/aromatic N) is 1. The molecule has 2 aromatic carbocycles. The van der Waals surface area contributed by atoms with Crippen molar-refractivity contribution in [1.82, 2.24) is 0 Å². The van der Waals surface area contributed by atoms with Gasteiger partial charge in [-0.15, -0.1) is 11.3 Å². The number of hydrogen-bond acceptors (Lipinski definition) is 7. The number of benzene rings is 2. The minimum absolute atomic E-state index is 0.00813. The maximum Gasteiger partial charge on any atom is 0.416 e. The quantitative estimate of drug-likeness (QED) is 0.263. The van der Waals surface area contributed by atoms with Crippen molar-refractivity contribution >= 4 is 34.7 Å². The van der Waals surface area contributed by atoms with E-state index in [1.165, 1.54) is 28.4 Å². The molecule has 0 saturated heterocycles. The standard InChI is InChI=1S/C30H24F3NO6S/c1-2-38-29(37)27-20(24-7-4-10-41-24)13-21-26(28(27)36)19(16-8-9-22-23(11-16)40-15-39-22)14-25(35)34(21)18-6-3-5-17(12-18)30(31,32)33/h3-12,19-20,27H,2,13-15H2,1H3. The van der Waals surface area contributed by atoms with E-state index in [0.717, 1.165) is 17.0 Å². The van der Waals surface area contributed by atoms with Crippen LogP contribution in [0.5, 0.6) is 11.5 Å². The van der Waals surface area contributed by atoms with Crippen molar-refractivity contribution in [3.05, 3.63) is 87.3 Å². The molecule has 3 heterocycles. The third-order valence-electron chi connectivity index (χ3n) is 7.60. The van der Waals surface area contributed by atoms with E-state index in [9.17, 15) is 27.6 Å². The SMILES string of the molecule is CCOC(=O)C1C(=O)C2=C(CC1c1cccs1)N(c1cccc(C(F)(F)F)c1)C(=O)CC2c1ccc2c(c1)OCO2. The fourth-order valence-electron chi connectivity index (χ4n) is 5.84. The van der Waals surface area contributed by atoms with Gasteiger partial charge in [0.15, 0.2) is 17.3 Å². The minimum Gasteiger partial charge on any atom is -0.465 e. The summed E-state index contributed by atoms with van der Waals surface area (Å²) in [5.74, 6) is -3.23. The van der Waals surface area contributed by atoms with Gasteiger partial charge in [0, 0.05) is 40.1 Å². The molecular weight excluding hydrogens is 559 g/mol. The lowest BCUT2D eigenvalue weighted by Crippen LogP contribution is -2.46. The predicted octanol–water partition coefficient (Wildman–Crippen LogP) is 6.21. The van der Waals surface area contributed by atoms with Crippen LogP contribution >= 0.6 is 11.3 Å². The summed E-state index contributed by atoms with van der Waals surface area (Å²) < 4.78 is 57.2. The molecule has 0 bridgehead atoms. The Morgan fingerprint density at radius 1 is 1.05 bits per heavy atom. The molecule has 1 amide bonds. The van der Waals surface area contributed by atoms with Gasteiger partial charge in [0.1, 0.15) is 5.92 Å². The maximum absolute atomic E-state index is 14.4. The zero-order chi connectivity index (χ0) is 28.9. The number of rotatable bonds is 5. The van der Waals surface area contributed by atoms with Gasteiger partial charge in [-0.1, -0.05) is 18.2 Å². The van der Waals surface area contributed by atoms with Gasteiger partial charge in [-0.3, -0.25) is 19.3 Å². The van der Waals surface area contributed by atoms with Gasteiger partial charge >= 0.3 is 12.1 Å². The van der Waals surface area contributed by atoms with Gasteiger partial charge in [0.2, 0.25) is 12.7 Å². The number of esters is 1. The molecular formula is C30H24F3NO6S. The van der Waals surface area contributed by atoms with Crippen molar-refractivity contribution in [1.29, 1.82) is 0 Å². The lowest BCUT2D eigenvalue weighted by molar-refractivity contribution is -0.152. The van der Waals surface area contributed by atoms with Crippen molar-refractivity contribution < 1.29 is 41.8 Å². The molecule has 1 aliphatic carbocycles. The number of halogens is 3. The Labute approximate surface area is 237 Å². The summed E-state index contributed by atoms with van der Waals surface area (Å²) in [6, 6.07) is 13.2. The number of ether oxygens (including phenoxy) is 3. The zero-order valence-electron chi connectivity index (χ0n) is 21.8. The van der Waals surface area contributed by atoms with Crippen LogP contribution in [0.1, 0.15) is 47.6 Å². The largest absolute Gasteiger partial charge is 0.465 e. The molecule has 0 fully saturated rings. The fourth-order valence-corrected chi connectivity index (χ4v) is 6.70. The van der Waals surface area contributed by atoms with E-state index in [1.807, 2.05) is 5.38 Å². The molecule has 0 spiro atoms. The highest BCUT2D eigenvalue weighted by atomic mass is 32.1. The van der Waals surface area contributed by atoms with E-state index in [-0.39, 0.29) is 43.2 Å². The Kier molecular flexibility index (Phi) is 6.85. The number of thiophene rings is 1. The second-order valence-electron chi connectivity index (χ2n) is 9.93. The number of anilines is 1. The maximum atomic E-state index is 14.4. The highest BCUT2D eigenvalue weighted by molar-refractivity contribution is 7.10. The first-order valence-electron chi connectivity index (χ1n) is 13.0. The van der Waals surface area contributed by atoms with Gasteiger partial charge in [-0.2, -0.15) is 13.2 Å². The smallest absolute Gasteiger partial charge is 0.416 e. The summed E-state index contributed by atoms with van der Waals surface area (Å²) in [4.78, 5) is 43.4. The number of hydrogen-bond donors (Lipinski definition) is 0. The van der Waals surface area contributed by atoms with E-state index in [1.54, 1.807) is 37.3 Å². The van der Waals surface area contributed by atoms with E-state index < -0.39 is 47.2 Å². The van der Waals surface area contributed by atoms with Crippen molar-refractivity contribution in [2.24, 2.45) is 5.92 Å². The van der Waals surface area contributed by atoms with Crippen LogP contribution in [0.2, 0.25) is 0 Å². The molecule has 3 atom stereocenters. The minimum atomic E-state index is -4.63. The number of fused-ring (bicyclic) bond motifs is 1. The monoisotopic (exact) mass is 583 g/mol. The van der Waals surface area contributed by atoms with Crippen LogP contribution in [0.3, 0.4) is 0 Å². The Bertz CT molecular complexity index is 1560. The average Bonchev–Trinajstić information content (AvgIpc) is 3.64. The summed E-state index contributed by atoms with van der Waals surface area (Å²) in [5.41, 5.74) is 0.196. The van der Waals surface area contributed by atoms with E-state index in [0.29, 0.717) is 17.1 Å². The first kappa shape index (κ1) is 27.1. The molecule has 3 unspecified atom stereocenters. The highest BCUT2D eigenvalue weighted by Gasteiger charge is 2.50. The summed E-state index contributed by atoms with van der Waals surface area (Å²) in [6.07, 6.45) is -4.74. The molecule has 0 N–H and O–H groups in total. The molecule has 0 radical (unpaired) electrons. The van der Waals surface area contributed by atoms with E-state index >= 15 is 0 Å². The summed E-state index contributed by atoms with van der Waals surface area (Å²) in [7, 11) is 0. The molecule has 41 heavy (non-hydrogen) atoms. The Morgan fingerprint density at radius 3 is 2.59 bits per heavy atom. The molecule has 11 heteroatoms. The molecule has 3 aromatic rings. The van der Waals surface area contributed by atoms with Gasteiger partial charge in [-0.05, 0) is 60.7 Å². The third-order valence-corrected chi connectivity index (χ3v) is 8.61. The van der Waals surface area contributed by atoms with Crippen LogP contribution in [-0.4, -0.2) is 31.1 Å². The topological polar surface area (TPSA) is 82.1 Å². The van der Waals surface area contributed by atoms with Crippen LogP contribution in [-0.2, 0) is 25.3 Å². The zero-order valence-corrected chi connectivity index (χ0v) is 22.6. The van der Waals surface area contributed by atoms with Crippen molar-refractivity contribution in [3.8, 4) is 11.5 Å². The molecule has 7 nitrogen and oxygen atoms in total. The fraction of sp³-hybridized carbons (Fsp3) is 0.300. The Morgan fingerprint density at radius 2 is 1.85 bits per heavy atom. The third kappa shape index (κ3) is 4.77. The summed E-state index contributed by atoms with van der Waals surface area (Å²) >= 11 is 1.36. The van der Waals surface area contributed by atoms with Gasteiger partial charge < -0.3 is 14.2 Å². The molecule has 212 valence electrons. The van der Waals surface area contributed by atoms with Crippen LogP contribution in [0.4, 0.5) is 18.9 Å². The Balaban J connectivity index is 1.55. The summed E-state index contributed by atoms with van der Waals surface area (Å²) in [5, 5.41) is 1.82. The number of carbonyl (C=O) groups excluding carboxylic acids is 3. The first-order chi connectivity index (χ1) is 19.7. The van der Waals surface area contributed by atoms with E-state index in [4.69, 9.17) is 14.2 Å². The van der Waals surface area contributed by atoms with E-state index in [2.05, 4.69) is 0 Å². The van der Waals surface area contributed by atoms with Gasteiger partial charge in [0.05, 0.1) is 12.2 Å². The van der Waals surface area contributed by atoms with Crippen LogP contribution in [0.15, 0.2) is 71.2 Å². The second kappa shape index (κ2) is 10.4. The average molecular weight is 584 g/mol. The molecule has 0 saturated carbocycles. The number of allylic oxidation sites excluding steroid dienone is 2. The van der Waals surface area contributed by atoms with Gasteiger partial charge in [0.25, 0.3) is 0 Å². The number of amides is 1. The van der Waals surface area contributed by atoms with Crippen molar-refractivity contribution in [3.63, 3.8) is 0 Å². The Hall–Kier alpha value is -4.12. The van der Waals surface area contributed by atoms with Crippen LogP contribution in [0, 0.1) is 5.92 Å². The number of ketones is 1. The predicted molar refractivity (Wildman–Crippen MR) is 143 cm³/mol. The highest BCUT2D eigenvalue weighted by Crippen LogP contribution is 2.51. The molecule has 2 aliphatic heterocycles. The van der Waals surface area contributed by atoms with Crippen molar-refractivity contribution in [2.75, 3.05) is 18.3 Å². The number of alkyl halides is 3. The first-order valence-corrected chi connectivity index (χ1v) is 13.9. The second-order valence-corrected chi connectivity index (χ2v) is 10.9. The number of carbonyl (C=O) groups is 3.